The van der Waals surface area contributed by atoms with Gasteiger partial charge in [-0.15, -0.1) is 11.3 Å². The number of aryl methyl sites for hydroxylation is 1. The number of hydrogen-bond acceptors (Lipinski definition) is 8. The molecule has 4 rings (SSSR count). The van der Waals surface area contributed by atoms with Gasteiger partial charge in [-0.2, -0.15) is 0 Å². The van der Waals surface area contributed by atoms with Crippen LogP contribution in [0.15, 0.2) is 54.9 Å². The van der Waals surface area contributed by atoms with E-state index < -0.39 is 23.8 Å². The highest BCUT2D eigenvalue weighted by atomic mass is 32.1. The van der Waals surface area contributed by atoms with Gasteiger partial charge < -0.3 is 30.8 Å². The van der Waals surface area contributed by atoms with Crippen LogP contribution in [-0.4, -0.2) is 58.5 Å². The molecule has 0 unspecified atom stereocenters. The van der Waals surface area contributed by atoms with Crippen LogP contribution in [0.4, 0.5) is 0 Å². The van der Waals surface area contributed by atoms with Crippen molar-refractivity contribution in [1.29, 1.82) is 0 Å². The number of fused-ring (bicyclic) bond motifs is 1. The van der Waals surface area contributed by atoms with Gasteiger partial charge in [0.05, 0.1) is 34.2 Å². The summed E-state index contributed by atoms with van der Waals surface area (Å²) >= 11 is 0.976. The average molecular weight is 536 g/mol. The molecule has 11 nitrogen and oxygen atoms in total. The lowest BCUT2D eigenvalue weighted by molar-refractivity contribution is -0.142. The number of hydrogen-bond donors (Lipinski definition) is 5. The van der Waals surface area contributed by atoms with Crippen LogP contribution in [0.5, 0.6) is 5.75 Å². The standard InChI is InChI=1S/C26H25N5O6S/c1-14-8-21(24(34)27-11-15-4-3-5-17(32)9-15)38-22(14)25(35)31-20(26(36)37-2)12-28-23(33)16-6-7-18-19(10-16)30-13-29-18/h3-10,13,20,32H,11-12H2,1-2H3,(H,27,34)(H,28,33)(H,29,30)(H,31,35)/t20-/m0/s1. The number of imidazole rings is 1. The maximum absolute atomic E-state index is 13.0. The molecule has 196 valence electrons. The van der Waals surface area contributed by atoms with Crippen molar-refractivity contribution in [3.8, 4) is 5.75 Å². The number of esters is 1. The van der Waals surface area contributed by atoms with Crippen LogP contribution in [0.25, 0.3) is 11.0 Å². The number of nitrogens with zero attached hydrogens (tertiary/aromatic N) is 1. The fourth-order valence-corrected chi connectivity index (χ4v) is 4.68. The van der Waals surface area contributed by atoms with Crippen molar-refractivity contribution in [2.75, 3.05) is 13.7 Å². The number of methoxy groups -OCH3 is 1. The van der Waals surface area contributed by atoms with Crippen LogP contribution in [-0.2, 0) is 16.1 Å². The van der Waals surface area contributed by atoms with Gasteiger partial charge in [-0.05, 0) is 54.4 Å². The van der Waals surface area contributed by atoms with E-state index in [1.54, 1.807) is 49.4 Å². The van der Waals surface area contributed by atoms with Crippen molar-refractivity contribution in [3.63, 3.8) is 0 Å². The average Bonchev–Trinajstić information content (AvgIpc) is 3.55. The minimum Gasteiger partial charge on any atom is -0.508 e. The van der Waals surface area contributed by atoms with Crippen LogP contribution in [0.1, 0.15) is 40.8 Å². The maximum atomic E-state index is 13.0. The first-order valence-corrected chi connectivity index (χ1v) is 12.3. The highest BCUT2D eigenvalue weighted by Crippen LogP contribution is 2.22. The van der Waals surface area contributed by atoms with Gasteiger partial charge in [0.25, 0.3) is 17.7 Å². The number of carbonyl (C=O) groups excluding carboxylic acids is 4. The van der Waals surface area contributed by atoms with E-state index in [2.05, 4.69) is 25.9 Å². The third kappa shape index (κ3) is 6.16. The molecule has 0 saturated carbocycles. The number of phenols is 1. The number of amides is 3. The van der Waals surface area contributed by atoms with E-state index in [1.165, 1.54) is 19.5 Å². The van der Waals surface area contributed by atoms with Crippen LogP contribution in [0.3, 0.4) is 0 Å². The molecule has 38 heavy (non-hydrogen) atoms. The Labute approximate surface area is 221 Å². The zero-order valence-electron chi connectivity index (χ0n) is 20.5. The van der Waals surface area contributed by atoms with Gasteiger partial charge in [-0.3, -0.25) is 14.4 Å². The van der Waals surface area contributed by atoms with E-state index in [1.807, 2.05) is 0 Å². The van der Waals surface area contributed by atoms with Gasteiger partial charge in [-0.1, -0.05) is 12.1 Å². The summed E-state index contributed by atoms with van der Waals surface area (Å²) in [4.78, 5) is 58.2. The highest BCUT2D eigenvalue weighted by molar-refractivity contribution is 7.16. The monoisotopic (exact) mass is 535 g/mol. The number of ether oxygens (including phenoxy) is 1. The number of H-pyrrole nitrogens is 1. The molecule has 0 aliphatic heterocycles. The number of benzene rings is 2. The van der Waals surface area contributed by atoms with Gasteiger partial charge >= 0.3 is 5.97 Å². The molecule has 0 bridgehead atoms. The summed E-state index contributed by atoms with van der Waals surface area (Å²) < 4.78 is 4.79. The van der Waals surface area contributed by atoms with E-state index >= 15 is 0 Å². The number of phenolic OH excluding ortho intramolecular Hbond substituents is 1. The number of aromatic nitrogens is 2. The summed E-state index contributed by atoms with van der Waals surface area (Å²) in [5.41, 5.74) is 3.01. The van der Waals surface area contributed by atoms with Crippen molar-refractivity contribution >= 4 is 46.1 Å². The number of thiophene rings is 1. The van der Waals surface area contributed by atoms with Crippen molar-refractivity contribution < 1.29 is 29.0 Å². The topological polar surface area (TPSA) is 163 Å². The highest BCUT2D eigenvalue weighted by Gasteiger charge is 2.26. The van der Waals surface area contributed by atoms with E-state index in [0.717, 1.165) is 22.4 Å². The second-order valence-corrected chi connectivity index (χ2v) is 9.42. The number of nitrogens with one attached hydrogen (secondary N) is 4. The molecule has 5 N–H and O–H groups in total. The molecule has 0 radical (unpaired) electrons. The Morgan fingerprint density at radius 2 is 1.87 bits per heavy atom. The molecule has 0 aliphatic rings. The lowest BCUT2D eigenvalue weighted by atomic mass is 10.1. The third-order valence-electron chi connectivity index (χ3n) is 5.65. The largest absolute Gasteiger partial charge is 0.508 e. The predicted molar refractivity (Wildman–Crippen MR) is 140 cm³/mol. The maximum Gasteiger partial charge on any atom is 0.330 e. The Morgan fingerprint density at radius 1 is 1.05 bits per heavy atom. The molecule has 0 spiro atoms. The number of rotatable bonds is 9. The molecule has 0 aliphatic carbocycles. The Bertz CT molecular complexity index is 1510. The van der Waals surface area contributed by atoms with Crippen molar-refractivity contribution in [2.24, 2.45) is 0 Å². The summed E-state index contributed by atoms with van der Waals surface area (Å²) in [5, 5.41) is 17.5. The van der Waals surface area contributed by atoms with E-state index in [9.17, 15) is 24.3 Å². The molecule has 2 aromatic heterocycles. The predicted octanol–water partition coefficient (Wildman–Crippen LogP) is 2.27. The van der Waals surface area contributed by atoms with E-state index in [-0.39, 0.29) is 29.6 Å². The summed E-state index contributed by atoms with van der Waals surface area (Å²) in [6.45, 7) is 1.66. The number of carbonyl (C=O) groups is 4. The second-order valence-electron chi connectivity index (χ2n) is 8.37. The minimum absolute atomic E-state index is 0.0952. The van der Waals surface area contributed by atoms with E-state index in [4.69, 9.17) is 4.74 Å². The molecule has 12 heteroatoms. The fraction of sp³-hybridized carbons (Fsp3) is 0.192. The minimum atomic E-state index is -1.16. The Kier molecular flexibility index (Phi) is 8.02. The first-order valence-electron chi connectivity index (χ1n) is 11.5. The molecule has 1 atom stereocenters. The number of aromatic hydroxyl groups is 1. The smallest absolute Gasteiger partial charge is 0.330 e. The molecule has 2 aromatic carbocycles. The zero-order chi connectivity index (χ0) is 27.2. The molecular formula is C26H25N5O6S. The van der Waals surface area contributed by atoms with Crippen molar-refractivity contribution in [1.82, 2.24) is 25.9 Å². The summed E-state index contributed by atoms with van der Waals surface area (Å²) in [6.07, 6.45) is 1.52. The van der Waals surface area contributed by atoms with Crippen LogP contribution >= 0.6 is 11.3 Å². The van der Waals surface area contributed by atoms with Crippen LogP contribution < -0.4 is 16.0 Å². The molecular weight excluding hydrogens is 510 g/mol. The van der Waals surface area contributed by atoms with Gasteiger partial charge in [0.15, 0.2) is 0 Å². The molecule has 0 fully saturated rings. The lowest BCUT2D eigenvalue weighted by Gasteiger charge is -2.17. The van der Waals surface area contributed by atoms with Crippen LogP contribution in [0, 0.1) is 6.92 Å². The van der Waals surface area contributed by atoms with Crippen LogP contribution in [0.2, 0.25) is 0 Å². The van der Waals surface area contributed by atoms with Gasteiger partial charge in [0.1, 0.15) is 11.8 Å². The third-order valence-corrected chi connectivity index (χ3v) is 6.89. The Morgan fingerprint density at radius 3 is 2.63 bits per heavy atom. The summed E-state index contributed by atoms with van der Waals surface area (Å²) in [6, 6.07) is 11.9. The van der Waals surface area contributed by atoms with Gasteiger partial charge in [0, 0.05) is 18.7 Å². The Hall–Kier alpha value is -4.71. The zero-order valence-corrected chi connectivity index (χ0v) is 21.3. The van der Waals surface area contributed by atoms with Gasteiger partial charge in [0.2, 0.25) is 0 Å². The summed E-state index contributed by atoms with van der Waals surface area (Å²) in [7, 11) is 1.18. The molecule has 0 saturated heterocycles. The Balaban J connectivity index is 1.39. The molecule has 3 amide bonds. The number of aromatic amines is 1. The second kappa shape index (κ2) is 11.6. The van der Waals surface area contributed by atoms with Crippen molar-refractivity contribution in [2.45, 2.75) is 19.5 Å². The first-order chi connectivity index (χ1) is 18.2. The van der Waals surface area contributed by atoms with E-state index in [0.29, 0.717) is 21.5 Å². The summed E-state index contributed by atoms with van der Waals surface area (Å²) in [5.74, 6) is -2.05. The lowest BCUT2D eigenvalue weighted by Crippen LogP contribution is -2.48. The first kappa shape index (κ1) is 26.4. The normalized spacial score (nSPS) is 11.5. The molecule has 4 aromatic rings. The molecule has 2 heterocycles. The quantitative estimate of drug-likeness (QED) is 0.205. The van der Waals surface area contributed by atoms with Crippen molar-refractivity contribution in [3.05, 3.63) is 81.3 Å². The fourth-order valence-electron chi connectivity index (χ4n) is 3.68. The SMILES string of the molecule is COC(=O)[C@H](CNC(=O)c1ccc2[nH]cnc2c1)NC(=O)c1sc(C(=O)NCc2cccc(O)c2)cc1C. The van der Waals surface area contributed by atoms with Gasteiger partial charge in [-0.25, -0.2) is 9.78 Å².